The van der Waals surface area contributed by atoms with Gasteiger partial charge in [0.25, 0.3) is 16.8 Å². The number of hydrogen-bond donors (Lipinski definition) is 0. The lowest BCUT2D eigenvalue weighted by Crippen LogP contribution is -2.27. The number of carbonyl (C=O) groups is 2. The van der Waals surface area contributed by atoms with Crippen molar-refractivity contribution in [1.82, 2.24) is 4.57 Å². The van der Waals surface area contributed by atoms with Crippen LogP contribution in [0.1, 0.15) is 17.0 Å². The maximum atomic E-state index is 13.0. The number of nitro benzene ring substituents is 1. The van der Waals surface area contributed by atoms with Crippen LogP contribution in [0, 0.1) is 24.0 Å². The predicted octanol–water partition coefficient (Wildman–Crippen LogP) is 7.39. The van der Waals surface area contributed by atoms with Crippen LogP contribution in [0.2, 0.25) is 0 Å². The molecular weight excluding hydrogens is 506 g/mol. The van der Waals surface area contributed by atoms with E-state index < -0.39 is 4.92 Å². The summed E-state index contributed by atoms with van der Waals surface area (Å²) in [5.41, 5.74) is 4.44. The highest BCUT2D eigenvalue weighted by Crippen LogP contribution is 2.37. The zero-order valence-corrected chi connectivity index (χ0v) is 21.6. The van der Waals surface area contributed by atoms with Crippen LogP contribution in [0.3, 0.4) is 0 Å². The molecule has 184 valence electrons. The molecule has 9 heteroatoms. The first-order valence-corrected chi connectivity index (χ1v) is 13.0. The van der Waals surface area contributed by atoms with Gasteiger partial charge in [-0.2, -0.15) is 0 Å². The molecule has 1 fully saturated rings. The van der Waals surface area contributed by atoms with Crippen LogP contribution >= 0.6 is 23.5 Å². The largest absolute Gasteiger partial charge is 0.318 e. The molecule has 2 amide bonds. The summed E-state index contributed by atoms with van der Waals surface area (Å²) in [6.45, 7) is 3.99. The van der Waals surface area contributed by atoms with Crippen LogP contribution in [0.5, 0.6) is 0 Å². The molecule has 1 aromatic heterocycles. The molecule has 0 saturated carbocycles. The van der Waals surface area contributed by atoms with Gasteiger partial charge < -0.3 is 4.57 Å². The summed E-state index contributed by atoms with van der Waals surface area (Å²) in [5, 5.41) is 10.5. The van der Waals surface area contributed by atoms with Gasteiger partial charge in [-0.25, -0.2) is 4.90 Å². The fraction of sp³-hybridized carbons (Fsp3) is 0.0714. The van der Waals surface area contributed by atoms with Crippen LogP contribution in [-0.4, -0.2) is 20.6 Å². The second-order valence-corrected chi connectivity index (χ2v) is 10.5. The van der Waals surface area contributed by atoms with E-state index in [0.29, 0.717) is 10.6 Å². The first-order chi connectivity index (χ1) is 17.8. The van der Waals surface area contributed by atoms with Crippen molar-refractivity contribution in [2.24, 2.45) is 0 Å². The third-order valence-corrected chi connectivity index (χ3v) is 7.83. The van der Waals surface area contributed by atoms with Gasteiger partial charge in [-0.1, -0.05) is 30.0 Å². The van der Waals surface area contributed by atoms with Gasteiger partial charge in [-0.15, -0.1) is 0 Å². The van der Waals surface area contributed by atoms with E-state index >= 15 is 0 Å². The summed E-state index contributed by atoms with van der Waals surface area (Å²) >= 11 is 2.47. The highest BCUT2D eigenvalue weighted by atomic mass is 32.2. The van der Waals surface area contributed by atoms with E-state index in [1.165, 1.54) is 28.8 Å². The Morgan fingerprint density at radius 1 is 0.865 bits per heavy atom. The average molecular weight is 528 g/mol. The van der Waals surface area contributed by atoms with Crippen molar-refractivity contribution in [1.29, 1.82) is 0 Å². The van der Waals surface area contributed by atoms with Gasteiger partial charge in [0.2, 0.25) is 0 Å². The van der Waals surface area contributed by atoms with Crippen LogP contribution in [0.15, 0.2) is 99.6 Å². The number of rotatable bonds is 6. The quantitative estimate of drug-likeness (QED) is 0.148. The zero-order valence-electron chi connectivity index (χ0n) is 20.0. The van der Waals surface area contributed by atoms with E-state index in [0.717, 1.165) is 44.2 Å². The number of amides is 2. The Labute approximate surface area is 221 Å². The number of benzene rings is 3. The topological polar surface area (TPSA) is 85.5 Å². The lowest BCUT2D eigenvalue weighted by atomic mass is 10.2. The minimum absolute atomic E-state index is 0.0684. The fourth-order valence-corrected chi connectivity index (χ4v) is 5.82. The number of carbonyl (C=O) groups excluding carboxylic acids is 2. The molecule has 1 aliphatic rings. The van der Waals surface area contributed by atoms with Crippen LogP contribution in [-0.2, 0) is 4.79 Å². The monoisotopic (exact) mass is 527 g/mol. The highest BCUT2D eigenvalue weighted by Gasteiger charge is 2.36. The smallest absolute Gasteiger partial charge is 0.298 e. The molecule has 1 saturated heterocycles. The number of anilines is 1. The number of hydrogen-bond acceptors (Lipinski definition) is 6. The minimum atomic E-state index is -0.409. The number of non-ortho nitro benzene ring substituents is 1. The predicted molar refractivity (Wildman–Crippen MR) is 147 cm³/mol. The first-order valence-electron chi connectivity index (χ1n) is 11.4. The molecule has 5 rings (SSSR count). The Bertz CT molecular complexity index is 1540. The standard InChI is InChI=1S/C28H21N3O4S2/c1-18-16-20(17-26-27(32)30(28(33)37-26)21-6-4-3-5-7-21)19(2)29(18)22-8-12-24(13-9-22)36-25-14-10-23(11-15-25)31(34)35/h3-17H,1-2H3/b26-17-. The second kappa shape index (κ2) is 10.1. The lowest BCUT2D eigenvalue weighted by Gasteiger charge is -2.11. The SMILES string of the molecule is Cc1cc(/C=C2\SC(=O)N(c3ccccc3)C2=O)c(C)n1-c1ccc(Sc2ccc([N+](=O)[O-])cc2)cc1. The van der Waals surface area contributed by atoms with Crippen LogP contribution < -0.4 is 4.90 Å². The molecule has 0 atom stereocenters. The van der Waals surface area contributed by atoms with Crippen molar-refractivity contribution in [2.75, 3.05) is 4.90 Å². The van der Waals surface area contributed by atoms with Crippen molar-refractivity contribution < 1.29 is 14.5 Å². The molecule has 0 aliphatic carbocycles. The van der Waals surface area contributed by atoms with Crippen molar-refractivity contribution in [2.45, 2.75) is 23.6 Å². The summed E-state index contributed by atoms with van der Waals surface area (Å²) in [6, 6.07) is 25.4. The van der Waals surface area contributed by atoms with E-state index in [1.54, 1.807) is 42.5 Å². The van der Waals surface area contributed by atoms with E-state index in [2.05, 4.69) is 4.57 Å². The third-order valence-electron chi connectivity index (χ3n) is 5.94. The Morgan fingerprint density at radius 3 is 2.11 bits per heavy atom. The third kappa shape index (κ3) is 4.96. The average Bonchev–Trinajstić information content (AvgIpc) is 3.33. The Morgan fingerprint density at radius 2 is 1.49 bits per heavy atom. The fourth-order valence-electron chi connectivity index (χ4n) is 4.17. The lowest BCUT2D eigenvalue weighted by molar-refractivity contribution is -0.384. The van der Waals surface area contributed by atoms with Gasteiger partial charge in [0.1, 0.15) is 0 Å². The molecule has 1 aliphatic heterocycles. The molecule has 37 heavy (non-hydrogen) atoms. The molecule has 0 N–H and O–H groups in total. The van der Waals surface area contributed by atoms with Gasteiger partial charge in [0, 0.05) is 39.0 Å². The zero-order chi connectivity index (χ0) is 26.1. The van der Waals surface area contributed by atoms with Gasteiger partial charge in [0.05, 0.1) is 15.5 Å². The molecule has 0 bridgehead atoms. The summed E-state index contributed by atoms with van der Waals surface area (Å²) in [5.74, 6) is -0.321. The Balaban J connectivity index is 1.37. The van der Waals surface area contributed by atoms with Crippen LogP contribution in [0.25, 0.3) is 11.8 Å². The molecule has 0 unspecified atom stereocenters. The van der Waals surface area contributed by atoms with Gasteiger partial charge in [-0.05, 0) is 91.8 Å². The Hall–Kier alpha value is -4.08. The van der Waals surface area contributed by atoms with Crippen molar-refractivity contribution in [3.8, 4) is 5.69 Å². The number of imide groups is 1. The van der Waals surface area contributed by atoms with E-state index in [4.69, 9.17) is 0 Å². The molecule has 4 aromatic rings. The molecule has 3 aromatic carbocycles. The number of para-hydroxylation sites is 1. The molecule has 0 spiro atoms. The summed E-state index contributed by atoms with van der Waals surface area (Å²) in [4.78, 5) is 39.5. The molecule has 2 heterocycles. The van der Waals surface area contributed by atoms with Gasteiger partial charge in [-0.3, -0.25) is 19.7 Å². The van der Waals surface area contributed by atoms with Gasteiger partial charge >= 0.3 is 0 Å². The second-order valence-electron chi connectivity index (χ2n) is 8.36. The number of aryl methyl sites for hydroxylation is 1. The van der Waals surface area contributed by atoms with Crippen LogP contribution in [0.4, 0.5) is 16.2 Å². The van der Waals surface area contributed by atoms with Crippen molar-refractivity contribution in [3.05, 3.63) is 117 Å². The Kier molecular flexibility index (Phi) is 6.73. The van der Waals surface area contributed by atoms with Crippen molar-refractivity contribution in [3.63, 3.8) is 0 Å². The highest BCUT2D eigenvalue weighted by molar-refractivity contribution is 8.19. The molecule has 0 radical (unpaired) electrons. The van der Waals surface area contributed by atoms with E-state index in [9.17, 15) is 19.7 Å². The number of aromatic nitrogens is 1. The van der Waals surface area contributed by atoms with Crippen molar-refractivity contribution >= 4 is 52.1 Å². The summed E-state index contributed by atoms with van der Waals surface area (Å²) in [6.07, 6.45) is 1.78. The maximum Gasteiger partial charge on any atom is 0.298 e. The minimum Gasteiger partial charge on any atom is -0.318 e. The molecular formula is C28H21N3O4S2. The van der Waals surface area contributed by atoms with E-state index in [1.807, 2.05) is 50.2 Å². The summed E-state index contributed by atoms with van der Waals surface area (Å²) in [7, 11) is 0. The normalized spacial score (nSPS) is 14.5. The number of thioether (sulfide) groups is 1. The number of nitrogens with zero attached hydrogens (tertiary/aromatic N) is 3. The van der Waals surface area contributed by atoms with Gasteiger partial charge in [0.15, 0.2) is 0 Å². The molecule has 7 nitrogen and oxygen atoms in total. The first kappa shape index (κ1) is 24.6. The van der Waals surface area contributed by atoms with E-state index in [-0.39, 0.29) is 16.8 Å². The summed E-state index contributed by atoms with van der Waals surface area (Å²) < 4.78 is 2.10. The maximum absolute atomic E-state index is 13.0. The number of nitro groups is 1.